The van der Waals surface area contributed by atoms with Crippen LogP contribution in [0.2, 0.25) is 0 Å². The van der Waals surface area contributed by atoms with E-state index >= 15 is 0 Å². The first-order valence-corrected chi connectivity index (χ1v) is 7.79. The summed E-state index contributed by atoms with van der Waals surface area (Å²) >= 11 is 0. The van der Waals surface area contributed by atoms with Crippen LogP contribution < -0.4 is 5.32 Å². The lowest BCUT2D eigenvalue weighted by Gasteiger charge is -2.08. The second kappa shape index (κ2) is 6.25. The fourth-order valence-electron chi connectivity index (χ4n) is 1.46. The van der Waals surface area contributed by atoms with Gasteiger partial charge in [0.15, 0.2) is 0 Å². The highest BCUT2D eigenvalue weighted by Gasteiger charge is 2.29. The average Bonchev–Trinajstić information content (AvgIpc) is 2.26. The number of sulfone groups is 1. The molecule has 8 heteroatoms. The Bertz CT molecular complexity index is 565. The van der Waals surface area contributed by atoms with Crippen molar-refractivity contribution >= 4 is 21.4 Å². The first-order valence-electron chi connectivity index (χ1n) is 5.73. The predicted octanol–water partition coefficient (Wildman–Crippen LogP) is 2.47. The third-order valence-corrected chi connectivity index (χ3v) is 3.45. The van der Waals surface area contributed by atoms with Gasteiger partial charge in [0.2, 0.25) is 5.91 Å². The normalized spacial score (nSPS) is 12.2. The van der Waals surface area contributed by atoms with Crippen LogP contribution in [-0.2, 0) is 20.8 Å². The Morgan fingerprint density at radius 1 is 1.20 bits per heavy atom. The van der Waals surface area contributed by atoms with Crippen LogP contribution in [0.25, 0.3) is 0 Å². The minimum atomic E-state index is -4.42. The third-order valence-electron chi connectivity index (χ3n) is 2.41. The molecule has 112 valence electrons. The fourth-order valence-corrected chi connectivity index (χ4v) is 2.13. The van der Waals surface area contributed by atoms with Gasteiger partial charge in [0.05, 0.1) is 11.3 Å². The van der Waals surface area contributed by atoms with E-state index in [0.717, 1.165) is 30.5 Å². The zero-order chi connectivity index (χ0) is 15.4. The second-order valence-electron chi connectivity index (χ2n) is 4.36. The Morgan fingerprint density at radius 2 is 1.75 bits per heavy atom. The molecule has 0 heterocycles. The molecular weight excluding hydrogens is 295 g/mol. The lowest BCUT2D eigenvalue weighted by atomic mass is 10.2. The Balaban J connectivity index is 2.51. The van der Waals surface area contributed by atoms with E-state index in [0.29, 0.717) is 0 Å². The van der Waals surface area contributed by atoms with Gasteiger partial charge in [0.1, 0.15) is 9.84 Å². The summed E-state index contributed by atoms with van der Waals surface area (Å²) in [6, 6.07) is 4.03. The zero-order valence-corrected chi connectivity index (χ0v) is 11.5. The topological polar surface area (TPSA) is 63.2 Å². The molecule has 1 aromatic rings. The van der Waals surface area contributed by atoms with E-state index < -0.39 is 27.5 Å². The molecule has 0 bridgehead atoms. The highest BCUT2D eigenvalue weighted by atomic mass is 32.2. The molecule has 1 rings (SSSR count). The molecule has 0 aliphatic heterocycles. The molecule has 0 saturated heterocycles. The summed E-state index contributed by atoms with van der Waals surface area (Å²) in [4.78, 5) is 11.5. The SMILES string of the molecule is CS(=O)(=O)CCCC(=O)Nc1ccc(C(F)(F)F)cc1. The van der Waals surface area contributed by atoms with Gasteiger partial charge >= 0.3 is 6.18 Å². The van der Waals surface area contributed by atoms with Crippen molar-refractivity contribution < 1.29 is 26.4 Å². The smallest absolute Gasteiger partial charge is 0.326 e. The average molecular weight is 309 g/mol. The van der Waals surface area contributed by atoms with E-state index in [1.165, 1.54) is 0 Å². The molecule has 0 fully saturated rings. The van der Waals surface area contributed by atoms with E-state index in [1.54, 1.807) is 0 Å². The maximum absolute atomic E-state index is 12.3. The number of benzene rings is 1. The number of carbonyl (C=O) groups excluding carboxylic acids is 1. The standard InChI is InChI=1S/C12H14F3NO3S/c1-20(18,19)8-2-3-11(17)16-10-6-4-9(5-7-10)12(13,14)15/h4-7H,2-3,8H2,1H3,(H,16,17). The zero-order valence-electron chi connectivity index (χ0n) is 10.7. The summed E-state index contributed by atoms with van der Waals surface area (Å²) < 4.78 is 58.7. The number of hydrogen-bond acceptors (Lipinski definition) is 3. The molecule has 0 aliphatic rings. The highest BCUT2D eigenvalue weighted by molar-refractivity contribution is 7.90. The van der Waals surface area contributed by atoms with Crippen LogP contribution in [0, 0.1) is 0 Å². The van der Waals surface area contributed by atoms with Crippen molar-refractivity contribution in [1.82, 2.24) is 0 Å². The van der Waals surface area contributed by atoms with E-state index in [1.807, 2.05) is 0 Å². The van der Waals surface area contributed by atoms with Gasteiger partial charge in [-0.25, -0.2) is 8.42 Å². The minimum absolute atomic E-state index is 0.00586. The molecule has 0 aliphatic carbocycles. The maximum atomic E-state index is 12.3. The molecule has 4 nitrogen and oxygen atoms in total. The molecule has 0 spiro atoms. The predicted molar refractivity (Wildman–Crippen MR) is 69.0 cm³/mol. The van der Waals surface area contributed by atoms with Gasteiger partial charge in [-0.05, 0) is 30.7 Å². The number of halogens is 3. The molecule has 0 radical (unpaired) electrons. The number of hydrogen-bond donors (Lipinski definition) is 1. The summed E-state index contributed by atoms with van der Waals surface area (Å²) in [5.74, 6) is -0.540. The summed E-state index contributed by atoms with van der Waals surface area (Å²) in [7, 11) is -3.12. The Labute approximate surface area is 114 Å². The van der Waals surface area contributed by atoms with Crippen molar-refractivity contribution in [2.45, 2.75) is 19.0 Å². The van der Waals surface area contributed by atoms with Crippen LogP contribution in [0.1, 0.15) is 18.4 Å². The summed E-state index contributed by atoms with van der Waals surface area (Å²) in [6.45, 7) is 0. The van der Waals surface area contributed by atoms with Crippen molar-refractivity contribution in [1.29, 1.82) is 0 Å². The van der Waals surface area contributed by atoms with E-state index in [-0.39, 0.29) is 24.3 Å². The monoisotopic (exact) mass is 309 g/mol. The van der Waals surface area contributed by atoms with Crippen LogP contribution in [-0.4, -0.2) is 26.3 Å². The van der Waals surface area contributed by atoms with E-state index in [4.69, 9.17) is 0 Å². The molecule has 0 atom stereocenters. The van der Waals surface area contributed by atoms with Gasteiger partial charge in [-0.15, -0.1) is 0 Å². The lowest BCUT2D eigenvalue weighted by Crippen LogP contribution is -2.14. The van der Waals surface area contributed by atoms with E-state index in [2.05, 4.69) is 5.32 Å². The minimum Gasteiger partial charge on any atom is -0.326 e. The Morgan fingerprint density at radius 3 is 2.20 bits per heavy atom. The molecular formula is C12H14F3NO3S. The summed E-state index contributed by atoms with van der Waals surface area (Å²) in [5.41, 5.74) is -0.560. The number of amides is 1. The number of carbonyl (C=O) groups is 1. The van der Waals surface area contributed by atoms with Gasteiger partial charge in [0.25, 0.3) is 0 Å². The quantitative estimate of drug-likeness (QED) is 0.909. The molecule has 20 heavy (non-hydrogen) atoms. The van der Waals surface area contributed by atoms with Crippen LogP contribution >= 0.6 is 0 Å². The van der Waals surface area contributed by atoms with Gasteiger partial charge in [-0.1, -0.05) is 0 Å². The van der Waals surface area contributed by atoms with Gasteiger partial charge in [-0.3, -0.25) is 4.79 Å². The highest BCUT2D eigenvalue weighted by Crippen LogP contribution is 2.29. The largest absolute Gasteiger partial charge is 0.416 e. The maximum Gasteiger partial charge on any atom is 0.416 e. The van der Waals surface area contributed by atoms with Crippen molar-refractivity contribution in [3.63, 3.8) is 0 Å². The Hall–Kier alpha value is -1.57. The molecule has 0 aromatic heterocycles. The number of rotatable bonds is 5. The van der Waals surface area contributed by atoms with E-state index in [9.17, 15) is 26.4 Å². The second-order valence-corrected chi connectivity index (χ2v) is 6.62. The Kier molecular flexibility index (Phi) is 5.15. The summed E-state index contributed by atoms with van der Waals surface area (Å²) in [6.07, 6.45) is -3.18. The first-order chi connectivity index (χ1) is 9.08. The number of nitrogens with one attached hydrogen (secondary N) is 1. The molecule has 0 unspecified atom stereocenters. The van der Waals surface area contributed by atoms with Crippen LogP contribution in [0.3, 0.4) is 0 Å². The molecule has 1 aromatic carbocycles. The molecule has 1 N–H and O–H groups in total. The van der Waals surface area contributed by atoms with Crippen molar-refractivity contribution in [2.24, 2.45) is 0 Å². The number of alkyl halides is 3. The first kappa shape index (κ1) is 16.5. The lowest BCUT2D eigenvalue weighted by molar-refractivity contribution is -0.137. The van der Waals surface area contributed by atoms with Crippen molar-refractivity contribution in [3.8, 4) is 0 Å². The van der Waals surface area contributed by atoms with Crippen LogP contribution in [0.4, 0.5) is 18.9 Å². The van der Waals surface area contributed by atoms with Crippen LogP contribution in [0.5, 0.6) is 0 Å². The van der Waals surface area contributed by atoms with Crippen molar-refractivity contribution in [3.05, 3.63) is 29.8 Å². The molecule has 1 amide bonds. The third kappa shape index (κ3) is 6.05. The van der Waals surface area contributed by atoms with Crippen LogP contribution in [0.15, 0.2) is 24.3 Å². The van der Waals surface area contributed by atoms with Gasteiger partial charge < -0.3 is 5.32 Å². The molecule has 0 saturated carbocycles. The number of anilines is 1. The van der Waals surface area contributed by atoms with Gasteiger partial charge in [0, 0.05) is 18.4 Å². The van der Waals surface area contributed by atoms with Gasteiger partial charge in [-0.2, -0.15) is 13.2 Å². The fraction of sp³-hybridized carbons (Fsp3) is 0.417. The summed E-state index contributed by atoms with van der Waals surface area (Å²) in [5, 5.41) is 2.41. The van der Waals surface area contributed by atoms with Crippen molar-refractivity contribution in [2.75, 3.05) is 17.3 Å².